The molecule has 0 aliphatic carbocycles. The lowest BCUT2D eigenvalue weighted by Crippen LogP contribution is -2.80. The second kappa shape index (κ2) is 10.1. The topological polar surface area (TPSA) is 117 Å². The van der Waals surface area contributed by atoms with Crippen LogP contribution >= 0.6 is 23.4 Å². The van der Waals surface area contributed by atoms with Gasteiger partial charge in [-0.15, -0.1) is 23.4 Å². The van der Waals surface area contributed by atoms with Crippen LogP contribution in [0.15, 0.2) is 66.1 Å². The minimum absolute atomic E-state index is 0.125. The lowest BCUT2D eigenvalue weighted by Gasteiger charge is -2.58. The van der Waals surface area contributed by atoms with E-state index in [0.717, 1.165) is 9.80 Å². The highest BCUT2D eigenvalue weighted by atomic mass is 35.5. The number of nitrogens with zero attached hydrogens (tertiary/aromatic N) is 3. The highest BCUT2D eigenvalue weighted by Gasteiger charge is 2.69. The number of fused-ring (bicyclic) bond motifs is 1. The fourth-order valence-electron chi connectivity index (χ4n) is 4.15. The Balaban J connectivity index is 1.69. The van der Waals surface area contributed by atoms with Gasteiger partial charge in [-0.2, -0.15) is 0 Å². The Labute approximate surface area is 209 Å². The van der Waals surface area contributed by atoms with Crippen molar-refractivity contribution in [3.05, 3.63) is 66.1 Å². The number of amides is 2. The monoisotopic (exact) mass is 518 g/mol. The van der Waals surface area contributed by atoms with Gasteiger partial charge in [-0.1, -0.05) is 12.1 Å². The number of carboxylic acids is 1. The third-order valence-electron chi connectivity index (χ3n) is 5.65. The van der Waals surface area contributed by atoms with Gasteiger partial charge in [0.05, 0.1) is 5.69 Å². The highest BCUT2D eigenvalue weighted by molar-refractivity contribution is 8.00. The fraction of sp³-hybridized carbons (Fsp3) is 0.261. The lowest BCUT2D eigenvalue weighted by molar-refractivity contribution is -0.689. The van der Waals surface area contributed by atoms with Crippen molar-refractivity contribution in [3.63, 3.8) is 0 Å². The number of carbonyl (C=O) groups is 4. The summed E-state index contributed by atoms with van der Waals surface area (Å²) in [6.07, 6.45) is 4.04. The van der Waals surface area contributed by atoms with Crippen molar-refractivity contribution in [1.82, 2.24) is 4.90 Å². The van der Waals surface area contributed by atoms with Gasteiger partial charge in [-0.3, -0.25) is 24.2 Å². The molecule has 0 bridgehead atoms. The molecule has 2 aliphatic rings. The third-order valence-corrected chi connectivity index (χ3v) is 7.23. The molecular weight excluding hydrogens is 498 g/mol. The Hall–Kier alpha value is -3.41. The molecule has 12 heteroatoms. The number of methoxy groups -OCH3 is 1. The fourth-order valence-corrected chi connectivity index (χ4v) is 5.68. The van der Waals surface area contributed by atoms with Gasteiger partial charge < -0.3 is 14.6 Å². The zero-order valence-electron chi connectivity index (χ0n) is 18.5. The van der Waals surface area contributed by atoms with Gasteiger partial charge in [0.1, 0.15) is 22.7 Å². The van der Waals surface area contributed by atoms with Gasteiger partial charge in [-0.25, -0.2) is 9.36 Å². The van der Waals surface area contributed by atoms with Crippen LogP contribution in [0.5, 0.6) is 5.75 Å². The smallest absolute Gasteiger partial charge is 0.352 e. The number of alkyl halides is 1. The summed E-state index contributed by atoms with van der Waals surface area (Å²) in [5, 5.41) is 9.16. The molecule has 0 radical (unpaired) electrons. The minimum Gasteiger partial charge on any atom is -0.477 e. The highest BCUT2D eigenvalue weighted by Crippen LogP contribution is 2.50. The summed E-state index contributed by atoms with van der Waals surface area (Å²) in [6.45, 7) is 0.289. The average molecular weight is 519 g/mol. The van der Waals surface area contributed by atoms with E-state index in [1.54, 1.807) is 24.5 Å². The summed E-state index contributed by atoms with van der Waals surface area (Å²) < 4.78 is 12.5. The van der Waals surface area contributed by atoms with Gasteiger partial charge >= 0.3 is 11.9 Å². The van der Waals surface area contributed by atoms with Crippen molar-refractivity contribution in [2.24, 2.45) is 0 Å². The summed E-state index contributed by atoms with van der Waals surface area (Å²) in [4.78, 5) is 51.8. The van der Waals surface area contributed by atoms with Crippen LogP contribution in [0.3, 0.4) is 0 Å². The van der Waals surface area contributed by atoms with Crippen molar-refractivity contribution in [2.45, 2.75) is 17.6 Å². The number of ether oxygens (including phenoxy) is 2. The van der Waals surface area contributed by atoms with Crippen LogP contribution in [0.25, 0.3) is 0 Å². The molecule has 10 nitrogen and oxygen atoms in total. The van der Waals surface area contributed by atoms with Crippen molar-refractivity contribution < 1.29 is 38.3 Å². The number of hydrogen-bond donors (Lipinski definition) is 1. The van der Waals surface area contributed by atoms with Gasteiger partial charge in [0, 0.05) is 36.6 Å². The number of carboxylic acid groups (broad SMARTS) is 1. The number of aromatic nitrogens is 1. The van der Waals surface area contributed by atoms with E-state index in [1.807, 2.05) is 22.8 Å². The van der Waals surface area contributed by atoms with Crippen LogP contribution in [-0.4, -0.2) is 64.1 Å². The van der Waals surface area contributed by atoms with Crippen LogP contribution in [0.1, 0.15) is 0 Å². The van der Waals surface area contributed by atoms with Gasteiger partial charge in [-0.05, 0) is 12.1 Å². The Morgan fingerprint density at radius 2 is 2.06 bits per heavy atom. The van der Waals surface area contributed by atoms with E-state index in [0.29, 0.717) is 17.7 Å². The molecule has 0 spiro atoms. The first-order valence-electron chi connectivity index (χ1n) is 10.4. The van der Waals surface area contributed by atoms with Crippen molar-refractivity contribution in [2.75, 3.05) is 23.6 Å². The predicted molar refractivity (Wildman–Crippen MR) is 125 cm³/mol. The number of carbonyl (C=O) groups excluding carboxylic acids is 3. The maximum absolute atomic E-state index is 13.5. The first-order valence-corrected chi connectivity index (χ1v) is 12.0. The number of anilines is 1. The number of rotatable bonds is 9. The SMILES string of the molecule is COC1(N(C=O)c2cccc(OC(=O)CCl)c2)C(=O)N2C(C(=O)O)=C(C[n+]3ccccc3)CS[C@@H]21. The van der Waals surface area contributed by atoms with E-state index in [2.05, 4.69) is 0 Å². The van der Waals surface area contributed by atoms with Gasteiger partial charge in [0.25, 0.3) is 11.6 Å². The van der Waals surface area contributed by atoms with E-state index in [4.69, 9.17) is 21.1 Å². The maximum Gasteiger partial charge on any atom is 0.352 e. The van der Waals surface area contributed by atoms with Gasteiger partial charge in [0.15, 0.2) is 18.9 Å². The molecule has 182 valence electrons. The van der Waals surface area contributed by atoms with Crippen molar-refractivity contribution in [3.8, 4) is 5.75 Å². The number of thioether (sulfide) groups is 1. The van der Waals surface area contributed by atoms with E-state index in [9.17, 15) is 24.3 Å². The number of β-lactam (4-membered cyclic amide) rings is 1. The molecule has 1 aromatic heterocycles. The number of halogens is 1. The molecular formula is C23H21ClN3O7S+. The average Bonchev–Trinajstić information content (AvgIpc) is 2.87. The molecule has 35 heavy (non-hydrogen) atoms. The van der Waals surface area contributed by atoms with Crippen molar-refractivity contribution in [1.29, 1.82) is 0 Å². The molecule has 1 aromatic carbocycles. The first kappa shape index (κ1) is 24.7. The molecule has 2 amide bonds. The number of esters is 1. The number of benzene rings is 1. The molecule has 2 atom stereocenters. The molecule has 4 rings (SSSR count). The third kappa shape index (κ3) is 4.26. The minimum atomic E-state index is -1.78. The molecule has 1 fully saturated rings. The quantitative estimate of drug-likeness (QED) is 0.101. The van der Waals surface area contributed by atoms with E-state index in [1.165, 1.54) is 31.0 Å². The van der Waals surface area contributed by atoms with Crippen LogP contribution in [0.4, 0.5) is 5.69 Å². The number of aliphatic carboxylic acids is 1. The molecule has 3 heterocycles. The Kier molecular flexibility index (Phi) is 7.10. The molecule has 2 aliphatic heterocycles. The maximum atomic E-state index is 13.5. The standard InChI is InChI=1S/C23H20ClN3O7S/c1-33-23(26(14-28)16-6-5-7-17(10-16)34-18(29)11-24)21(32)27-19(20(30)31)15(13-35-22(23)27)12-25-8-3-2-4-9-25/h2-10,14,22H,11-13H2,1H3/p+1/t22-,23?/m1/s1. The van der Waals surface area contributed by atoms with Gasteiger partial charge in [0.2, 0.25) is 6.41 Å². The second-order valence-corrected chi connectivity index (χ2v) is 8.96. The Morgan fingerprint density at radius 3 is 2.69 bits per heavy atom. The van der Waals surface area contributed by atoms with Crippen LogP contribution in [0.2, 0.25) is 0 Å². The summed E-state index contributed by atoms with van der Waals surface area (Å²) >= 11 is 6.78. The first-order chi connectivity index (χ1) is 16.9. The largest absolute Gasteiger partial charge is 0.477 e. The summed E-state index contributed by atoms with van der Waals surface area (Å²) in [5.74, 6) is -2.54. The molecule has 2 aromatic rings. The van der Waals surface area contributed by atoms with E-state index < -0.39 is 28.9 Å². The number of pyridine rings is 1. The summed E-state index contributed by atoms with van der Waals surface area (Å²) in [5.41, 5.74) is -1.13. The Morgan fingerprint density at radius 1 is 1.31 bits per heavy atom. The normalized spacial score (nSPS) is 21.1. The predicted octanol–water partition coefficient (Wildman–Crippen LogP) is 1.38. The van der Waals surface area contributed by atoms with Crippen LogP contribution in [-0.2, 0) is 30.5 Å². The zero-order valence-corrected chi connectivity index (χ0v) is 20.1. The summed E-state index contributed by atoms with van der Waals surface area (Å²) in [7, 11) is 1.28. The number of hydrogen-bond acceptors (Lipinski definition) is 7. The van der Waals surface area contributed by atoms with E-state index >= 15 is 0 Å². The molecule has 1 unspecified atom stereocenters. The second-order valence-electron chi connectivity index (χ2n) is 7.62. The zero-order chi connectivity index (χ0) is 25.2. The van der Waals surface area contributed by atoms with Crippen LogP contribution < -0.4 is 14.2 Å². The van der Waals surface area contributed by atoms with Crippen LogP contribution in [0, 0.1) is 0 Å². The molecule has 1 N–H and O–H groups in total. The molecule has 1 saturated heterocycles. The summed E-state index contributed by atoms with van der Waals surface area (Å²) in [6, 6.07) is 11.5. The molecule has 0 saturated carbocycles. The van der Waals surface area contributed by atoms with Crippen molar-refractivity contribution >= 4 is 53.3 Å². The lowest BCUT2D eigenvalue weighted by atomic mass is 9.96. The van der Waals surface area contributed by atoms with E-state index in [-0.39, 0.29) is 29.6 Å². The Bertz CT molecular complexity index is 1210.